The van der Waals surface area contributed by atoms with Gasteiger partial charge in [0.25, 0.3) is 5.91 Å². The van der Waals surface area contributed by atoms with Gasteiger partial charge in [0.05, 0.1) is 49.2 Å². The number of benzene rings is 1. The number of halogens is 2. The van der Waals surface area contributed by atoms with Crippen molar-refractivity contribution in [2.75, 3.05) is 52.2 Å². The summed E-state index contributed by atoms with van der Waals surface area (Å²) in [5, 5.41) is 3.09. The second-order valence-corrected chi connectivity index (χ2v) is 6.22. The first-order valence-electron chi connectivity index (χ1n) is 8.35. The summed E-state index contributed by atoms with van der Waals surface area (Å²) in [6, 6.07) is 2.98. The Kier molecular flexibility index (Phi) is 9.65. The number of carbonyl (C=O) groups excluding carboxylic acids is 2. The molecule has 1 aromatic rings. The third kappa shape index (κ3) is 6.73. The summed E-state index contributed by atoms with van der Waals surface area (Å²) >= 11 is 5.99. The van der Waals surface area contributed by atoms with Gasteiger partial charge in [-0.2, -0.15) is 0 Å². The van der Waals surface area contributed by atoms with Crippen molar-refractivity contribution in [2.45, 2.75) is 13.0 Å². The van der Waals surface area contributed by atoms with E-state index >= 15 is 0 Å². The maximum absolute atomic E-state index is 12.4. The highest BCUT2D eigenvalue weighted by Gasteiger charge is 2.24. The number of morpholine rings is 1. The number of nitrogens with one attached hydrogen (secondary N) is 1. The van der Waals surface area contributed by atoms with E-state index in [0.29, 0.717) is 49.8 Å². The van der Waals surface area contributed by atoms with Gasteiger partial charge in [0, 0.05) is 25.7 Å². The molecule has 8 nitrogen and oxygen atoms in total. The summed E-state index contributed by atoms with van der Waals surface area (Å²) < 4.78 is 15.8. The van der Waals surface area contributed by atoms with Gasteiger partial charge in [-0.25, -0.2) is 0 Å². The topological polar surface area (TPSA) is 103 Å². The lowest BCUT2D eigenvalue weighted by Gasteiger charge is -2.32. The van der Waals surface area contributed by atoms with Crippen LogP contribution >= 0.6 is 24.0 Å². The van der Waals surface area contributed by atoms with Crippen LogP contribution in [0.2, 0.25) is 5.02 Å². The Hall–Kier alpha value is -1.74. The fraction of sp³-hybridized carbons (Fsp3) is 0.529. The molecule has 1 atom stereocenters. The van der Waals surface area contributed by atoms with Crippen molar-refractivity contribution in [2.24, 2.45) is 0 Å². The second-order valence-electron chi connectivity index (χ2n) is 5.82. The van der Waals surface area contributed by atoms with Gasteiger partial charge in [-0.15, -0.1) is 12.4 Å². The van der Waals surface area contributed by atoms with E-state index in [1.807, 2.05) is 4.90 Å². The molecular formula is C17H25Cl2N3O5. The molecule has 0 radical (unpaired) electrons. The van der Waals surface area contributed by atoms with Crippen molar-refractivity contribution >= 4 is 41.6 Å². The number of nitrogens with two attached hydrogens (primary N) is 1. The monoisotopic (exact) mass is 421 g/mol. The first kappa shape index (κ1) is 23.3. The SMILES string of the molecule is CCOC(=O)CN1CCOC(CNC(=O)c2cc(Cl)c(N)cc2OC)C1.Cl. The standard InChI is InChI=1S/C17H24ClN3O5.ClH/c1-3-25-16(22)10-21-4-5-26-11(9-21)8-20-17(23)12-6-13(18)14(19)7-15(12)24-2;/h6-7,11H,3-5,8-10,19H2,1-2H3,(H,20,23);1H. The Bertz CT molecular complexity index is 660. The molecule has 0 bridgehead atoms. The van der Waals surface area contributed by atoms with E-state index in [1.54, 1.807) is 6.92 Å². The molecule has 1 fully saturated rings. The van der Waals surface area contributed by atoms with Gasteiger partial charge in [-0.05, 0) is 13.0 Å². The molecule has 1 aliphatic rings. The zero-order valence-corrected chi connectivity index (χ0v) is 16.9. The van der Waals surface area contributed by atoms with E-state index in [4.69, 9.17) is 31.5 Å². The van der Waals surface area contributed by atoms with Crippen LogP contribution in [-0.2, 0) is 14.3 Å². The van der Waals surface area contributed by atoms with Crippen LogP contribution in [0, 0.1) is 0 Å². The fourth-order valence-electron chi connectivity index (χ4n) is 2.65. The highest BCUT2D eigenvalue weighted by molar-refractivity contribution is 6.33. The van der Waals surface area contributed by atoms with Crippen molar-refractivity contribution in [3.63, 3.8) is 0 Å². The van der Waals surface area contributed by atoms with E-state index in [2.05, 4.69) is 5.32 Å². The lowest BCUT2D eigenvalue weighted by Crippen LogP contribution is -2.49. The highest BCUT2D eigenvalue weighted by atomic mass is 35.5. The predicted octanol–water partition coefficient (Wildman–Crippen LogP) is 1.35. The maximum Gasteiger partial charge on any atom is 0.320 e. The summed E-state index contributed by atoms with van der Waals surface area (Å²) in [4.78, 5) is 26.0. The molecule has 1 heterocycles. The molecule has 10 heteroatoms. The summed E-state index contributed by atoms with van der Waals surface area (Å²) in [7, 11) is 1.46. The first-order chi connectivity index (χ1) is 12.4. The van der Waals surface area contributed by atoms with Crippen molar-refractivity contribution in [3.8, 4) is 5.75 Å². The number of nitrogen functional groups attached to an aromatic ring is 1. The largest absolute Gasteiger partial charge is 0.496 e. The number of anilines is 1. The lowest BCUT2D eigenvalue weighted by molar-refractivity contribution is -0.146. The lowest BCUT2D eigenvalue weighted by atomic mass is 10.1. The molecule has 0 saturated carbocycles. The van der Waals surface area contributed by atoms with Crippen LogP contribution in [-0.4, -0.2) is 69.4 Å². The Labute approximate surface area is 169 Å². The molecule has 0 aliphatic carbocycles. The van der Waals surface area contributed by atoms with Gasteiger partial charge in [-0.1, -0.05) is 11.6 Å². The van der Waals surface area contributed by atoms with Gasteiger partial charge >= 0.3 is 5.97 Å². The summed E-state index contributed by atoms with van der Waals surface area (Å²) in [5.74, 6) is -0.258. The number of esters is 1. The number of nitrogens with zero attached hydrogens (tertiary/aromatic N) is 1. The van der Waals surface area contributed by atoms with Gasteiger partial charge in [0.1, 0.15) is 5.75 Å². The van der Waals surface area contributed by atoms with Crippen LogP contribution in [0.3, 0.4) is 0 Å². The minimum atomic E-state index is -0.338. The molecule has 1 aliphatic heterocycles. The number of amides is 1. The number of hydrogen-bond acceptors (Lipinski definition) is 7. The molecular weight excluding hydrogens is 397 g/mol. The van der Waals surface area contributed by atoms with E-state index in [-0.39, 0.29) is 42.0 Å². The molecule has 1 unspecified atom stereocenters. The number of ether oxygens (including phenoxy) is 3. The Morgan fingerprint density at radius 3 is 2.85 bits per heavy atom. The minimum Gasteiger partial charge on any atom is -0.496 e. The molecule has 0 aromatic heterocycles. The van der Waals surface area contributed by atoms with Crippen LogP contribution in [0.5, 0.6) is 5.75 Å². The van der Waals surface area contributed by atoms with Crippen molar-refractivity contribution in [1.82, 2.24) is 10.2 Å². The van der Waals surface area contributed by atoms with Crippen LogP contribution in [0.1, 0.15) is 17.3 Å². The fourth-order valence-corrected chi connectivity index (χ4v) is 2.82. The van der Waals surface area contributed by atoms with Gasteiger partial charge in [0.2, 0.25) is 0 Å². The van der Waals surface area contributed by atoms with E-state index in [9.17, 15) is 9.59 Å². The molecule has 2 rings (SSSR count). The van der Waals surface area contributed by atoms with E-state index in [1.165, 1.54) is 19.2 Å². The first-order valence-corrected chi connectivity index (χ1v) is 8.73. The average Bonchev–Trinajstić information content (AvgIpc) is 2.62. The molecule has 0 spiro atoms. The highest BCUT2D eigenvalue weighted by Crippen LogP contribution is 2.28. The number of methoxy groups -OCH3 is 1. The molecule has 3 N–H and O–H groups in total. The molecule has 1 aromatic carbocycles. The summed E-state index contributed by atoms with van der Waals surface area (Å²) in [6.07, 6.45) is -0.225. The summed E-state index contributed by atoms with van der Waals surface area (Å²) in [6.45, 7) is 4.29. The van der Waals surface area contributed by atoms with Crippen LogP contribution in [0.4, 0.5) is 5.69 Å². The Morgan fingerprint density at radius 2 is 2.19 bits per heavy atom. The number of hydrogen-bond donors (Lipinski definition) is 2. The molecule has 1 amide bonds. The molecule has 152 valence electrons. The van der Waals surface area contributed by atoms with Gasteiger partial charge in [0.15, 0.2) is 0 Å². The number of rotatable bonds is 7. The number of carbonyl (C=O) groups is 2. The van der Waals surface area contributed by atoms with Crippen molar-refractivity contribution in [3.05, 3.63) is 22.7 Å². The smallest absolute Gasteiger partial charge is 0.320 e. The predicted molar refractivity (Wildman–Crippen MR) is 105 cm³/mol. The third-order valence-corrected chi connectivity index (χ3v) is 4.26. The minimum absolute atomic E-state index is 0. The van der Waals surface area contributed by atoms with E-state index in [0.717, 1.165) is 0 Å². The Morgan fingerprint density at radius 1 is 1.44 bits per heavy atom. The summed E-state index contributed by atoms with van der Waals surface area (Å²) in [5.41, 5.74) is 6.36. The van der Waals surface area contributed by atoms with Gasteiger partial charge in [-0.3, -0.25) is 14.5 Å². The molecule has 27 heavy (non-hydrogen) atoms. The third-order valence-electron chi connectivity index (χ3n) is 3.93. The van der Waals surface area contributed by atoms with Gasteiger partial charge < -0.3 is 25.3 Å². The second kappa shape index (κ2) is 11.2. The quantitative estimate of drug-likeness (QED) is 0.505. The van der Waals surface area contributed by atoms with E-state index < -0.39 is 0 Å². The Balaban J connectivity index is 0.00000364. The van der Waals surface area contributed by atoms with Crippen LogP contribution in [0.15, 0.2) is 12.1 Å². The average molecular weight is 422 g/mol. The zero-order chi connectivity index (χ0) is 19.1. The maximum atomic E-state index is 12.4. The van der Waals surface area contributed by atoms with Crippen LogP contribution in [0.25, 0.3) is 0 Å². The zero-order valence-electron chi connectivity index (χ0n) is 15.3. The molecule has 1 saturated heterocycles. The van der Waals surface area contributed by atoms with Crippen LogP contribution < -0.4 is 15.8 Å². The normalized spacial score (nSPS) is 16.9. The van der Waals surface area contributed by atoms with Crippen molar-refractivity contribution < 1.29 is 23.8 Å². The van der Waals surface area contributed by atoms with Crippen molar-refractivity contribution in [1.29, 1.82) is 0 Å².